The molecular formula is C21H22N4O. The molecule has 0 aliphatic rings. The number of carbonyl (C=O) groups excluding carboxylic acids is 1. The second-order valence-electron chi connectivity index (χ2n) is 6.04. The first-order valence-corrected chi connectivity index (χ1v) is 8.64. The summed E-state index contributed by atoms with van der Waals surface area (Å²) in [6.45, 7) is 4.52. The zero-order valence-corrected chi connectivity index (χ0v) is 15.0. The summed E-state index contributed by atoms with van der Waals surface area (Å²) < 4.78 is 0. The van der Waals surface area contributed by atoms with E-state index in [1.54, 1.807) is 29.6 Å². The van der Waals surface area contributed by atoms with E-state index in [-0.39, 0.29) is 11.9 Å². The molecule has 0 aliphatic carbocycles. The maximum Gasteiger partial charge on any atom is 0.256 e. The van der Waals surface area contributed by atoms with Gasteiger partial charge in [0, 0.05) is 30.7 Å². The van der Waals surface area contributed by atoms with Gasteiger partial charge in [0.15, 0.2) is 0 Å². The van der Waals surface area contributed by atoms with Crippen LogP contribution in [-0.2, 0) is 0 Å². The number of pyridine rings is 2. The van der Waals surface area contributed by atoms with Gasteiger partial charge in [-0.1, -0.05) is 36.4 Å². The number of rotatable bonds is 5. The van der Waals surface area contributed by atoms with Crippen molar-refractivity contribution in [2.24, 2.45) is 0 Å². The van der Waals surface area contributed by atoms with Crippen molar-refractivity contribution in [3.05, 3.63) is 78.2 Å². The Morgan fingerprint density at radius 3 is 2.54 bits per heavy atom. The van der Waals surface area contributed by atoms with E-state index in [0.29, 0.717) is 23.5 Å². The van der Waals surface area contributed by atoms with Crippen LogP contribution in [0.25, 0.3) is 11.3 Å². The Morgan fingerprint density at radius 2 is 1.88 bits per heavy atom. The fourth-order valence-electron chi connectivity index (χ4n) is 3.04. The van der Waals surface area contributed by atoms with Crippen molar-refractivity contribution < 1.29 is 4.79 Å². The summed E-state index contributed by atoms with van der Waals surface area (Å²) in [7, 11) is 0. The number of hydrogen-bond acceptors (Lipinski definition) is 4. The number of nitrogens with two attached hydrogens (primary N) is 1. The van der Waals surface area contributed by atoms with Gasteiger partial charge in [-0.3, -0.25) is 14.8 Å². The first kappa shape index (κ1) is 17.6. The number of carbonyl (C=O) groups is 1. The molecule has 5 heteroatoms. The van der Waals surface area contributed by atoms with E-state index in [0.717, 1.165) is 11.1 Å². The Kier molecular flexibility index (Phi) is 5.27. The normalized spacial score (nSPS) is 11.8. The monoisotopic (exact) mass is 346 g/mol. The predicted molar refractivity (Wildman–Crippen MR) is 103 cm³/mol. The third-order valence-corrected chi connectivity index (χ3v) is 4.50. The van der Waals surface area contributed by atoms with Crippen molar-refractivity contribution in [3.63, 3.8) is 0 Å². The summed E-state index contributed by atoms with van der Waals surface area (Å²) >= 11 is 0. The van der Waals surface area contributed by atoms with Gasteiger partial charge in [0.2, 0.25) is 0 Å². The molecule has 0 bridgehead atoms. The topological polar surface area (TPSA) is 72.1 Å². The molecule has 0 spiro atoms. The summed E-state index contributed by atoms with van der Waals surface area (Å²) in [6.07, 6.45) is 5.14. The number of nitrogen functional groups attached to an aromatic ring is 1. The van der Waals surface area contributed by atoms with Crippen LogP contribution in [0.3, 0.4) is 0 Å². The van der Waals surface area contributed by atoms with Crippen molar-refractivity contribution in [2.45, 2.75) is 19.9 Å². The summed E-state index contributed by atoms with van der Waals surface area (Å²) in [5.74, 6) is -0.110. The predicted octanol–water partition coefficient (Wildman–Crippen LogP) is 3.95. The van der Waals surface area contributed by atoms with E-state index in [1.165, 1.54) is 0 Å². The number of hydrogen-bond donors (Lipinski definition) is 1. The number of anilines is 1. The molecule has 0 radical (unpaired) electrons. The molecular weight excluding hydrogens is 324 g/mol. The Morgan fingerprint density at radius 1 is 1.12 bits per heavy atom. The Bertz CT molecular complexity index is 881. The fraction of sp³-hybridized carbons (Fsp3) is 0.190. The first-order chi connectivity index (χ1) is 12.6. The van der Waals surface area contributed by atoms with Crippen molar-refractivity contribution in [3.8, 4) is 11.3 Å². The van der Waals surface area contributed by atoms with Crippen LogP contribution in [0.5, 0.6) is 0 Å². The Balaban J connectivity index is 1.96. The van der Waals surface area contributed by atoms with Crippen molar-refractivity contribution in [1.29, 1.82) is 0 Å². The summed E-state index contributed by atoms with van der Waals surface area (Å²) in [5, 5.41) is 0. The van der Waals surface area contributed by atoms with Crippen LogP contribution >= 0.6 is 0 Å². The molecule has 1 amide bonds. The van der Waals surface area contributed by atoms with Crippen LogP contribution in [-0.4, -0.2) is 27.3 Å². The highest BCUT2D eigenvalue weighted by Gasteiger charge is 2.24. The van der Waals surface area contributed by atoms with E-state index in [2.05, 4.69) is 9.97 Å². The van der Waals surface area contributed by atoms with Gasteiger partial charge in [-0.25, -0.2) is 0 Å². The highest BCUT2D eigenvalue weighted by molar-refractivity contribution is 6.02. The maximum absolute atomic E-state index is 13.2. The van der Waals surface area contributed by atoms with Crippen LogP contribution in [0.4, 0.5) is 5.69 Å². The quantitative estimate of drug-likeness (QED) is 0.759. The van der Waals surface area contributed by atoms with Crippen molar-refractivity contribution >= 4 is 11.6 Å². The van der Waals surface area contributed by atoms with Gasteiger partial charge in [-0.05, 0) is 31.5 Å². The molecule has 0 fully saturated rings. The van der Waals surface area contributed by atoms with E-state index in [9.17, 15) is 4.79 Å². The van der Waals surface area contributed by atoms with Crippen LogP contribution < -0.4 is 5.73 Å². The minimum absolute atomic E-state index is 0.103. The van der Waals surface area contributed by atoms with Crippen molar-refractivity contribution in [1.82, 2.24) is 14.9 Å². The summed E-state index contributed by atoms with van der Waals surface area (Å²) in [4.78, 5) is 23.5. The van der Waals surface area contributed by atoms with E-state index in [1.807, 2.05) is 56.3 Å². The smallest absolute Gasteiger partial charge is 0.256 e. The largest absolute Gasteiger partial charge is 0.396 e. The Hall–Kier alpha value is -3.21. The first-order valence-electron chi connectivity index (χ1n) is 8.64. The molecule has 5 nitrogen and oxygen atoms in total. The number of amides is 1. The molecule has 0 unspecified atom stereocenters. The lowest BCUT2D eigenvalue weighted by molar-refractivity contribution is 0.0703. The third-order valence-electron chi connectivity index (χ3n) is 4.50. The molecule has 2 heterocycles. The fourth-order valence-corrected chi connectivity index (χ4v) is 3.04. The van der Waals surface area contributed by atoms with Crippen LogP contribution in [0, 0.1) is 0 Å². The van der Waals surface area contributed by atoms with Crippen LogP contribution in [0.15, 0.2) is 67.1 Å². The average molecular weight is 346 g/mol. The van der Waals surface area contributed by atoms with Crippen LogP contribution in [0.1, 0.15) is 35.8 Å². The number of nitrogens with zero attached hydrogens (tertiary/aromatic N) is 3. The lowest BCUT2D eigenvalue weighted by Gasteiger charge is -2.29. The molecule has 2 aromatic heterocycles. The summed E-state index contributed by atoms with van der Waals surface area (Å²) in [6, 6.07) is 15.1. The molecule has 132 valence electrons. The standard InChI is InChI=1S/C21H22N4O/c1-3-25(15(2)17-10-7-12-23-14-17)21(26)18-11-13-24-20(19(18)22)16-8-5-4-6-9-16/h4-15H,3,22H2,1-2H3/t15-/m1/s1. The third kappa shape index (κ3) is 3.42. The van der Waals surface area contributed by atoms with E-state index in [4.69, 9.17) is 5.73 Å². The van der Waals surface area contributed by atoms with Gasteiger partial charge in [0.05, 0.1) is 23.0 Å². The molecule has 0 saturated carbocycles. The van der Waals surface area contributed by atoms with Gasteiger partial charge in [-0.15, -0.1) is 0 Å². The number of aromatic nitrogens is 2. The second kappa shape index (κ2) is 7.78. The van der Waals surface area contributed by atoms with E-state index < -0.39 is 0 Å². The zero-order chi connectivity index (χ0) is 18.5. The van der Waals surface area contributed by atoms with Crippen LogP contribution in [0.2, 0.25) is 0 Å². The SMILES string of the molecule is CCN(C(=O)c1ccnc(-c2ccccc2)c1N)[C@H](C)c1cccnc1. The highest BCUT2D eigenvalue weighted by atomic mass is 16.2. The molecule has 1 aromatic carbocycles. The van der Waals surface area contributed by atoms with Gasteiger partial charge in [-0.2, -0.15) is 0 Å². The molecule has 3 rings (SSSR count). The lowest BCUT2D eigenvalue weighted by atomic mass is 10.0. The zero-order valence-electron chi connectivity index (χ0n) is 15.0. The maximum atomic E-state index is 13.2. The van der Waals surface area contributed by atoms with Gasteiger partial charge in [0.25, 0.3) is 5.91 Å². The number of benzene rings is 1. The molecule has 0 saturated heterocycles. The average Bonchev–Trinajstić information content (AvgIpc) is 2.70. The molecule has 0 aliphatic heterocycles. The summed E-state index contributed by atoms with van der Waals surface area (Å²) in [5.41, 5.74) is 9.70. The molecule has 26 heavy (non-hydrogen) atoms. The lowest BCUT2D eigenvalue weighted by Crippen LogP contribution is -2.34. The minimum atomic E-state index is -0.110. The molecule has 1 atom stereocenters. The Labute approximate surface area is 153 Å². The second-order valence-corrected chi connectivity index (χ2v) is 6.04. The highest BCUT2D eigenvalue weighted by Crippen LogP contribution is 2.29. The van der Waals surface area contributed by atoms with Gasteiger partial charge in [0.1, 0.15) is 0 Å². The molecule has 2 N–H and O–H groups in total. The molecule has 3 aromatic rings. The van der Waals surface area contributed by atoms with Gasteiger partial charge < -0.3 is 10.6 Å². The van der Waals surface area contributed by atoms with E-state index >= 15 is 0 Å². The minimum Gasteiger partial charge on any atom is -0.396 e. The van der Waals surface area contributed by atoms with Gasteiger partial charge >= 0.3 is 0 Å². The van der Waals surface area contributed by atoms with Crippen molar-refractivity contribution in [2.75, 3.05) is 12.3 Å².